The largest absolute Gasteiger partial charge is 0.419 e. The molecule has 0 aliphatic heterocycles. The van der Waals surface area contributed by atoms with E-state index in [4.69, 9.17) is 4.42 Å². The summed E-state index contributed by atoms with van der Waals surface area (Å²) < 4.78 is 32.1. The lowest BCUT2D eigenvalue weighted by Crippen LogP contribution is -2.23. The van der Waals surface area contributed by atoms with E-state index in [0.29, 0.717) is 30.7 Å². The first-order valence-electron chi connectivity index (χ1n) is 9.22. The van der Waals surface area contributed by atoms with Gasteiger partial charge in [0.15, 0.2) is 5.58 Å². The fourth-order valence-electron chi connectivity index (χ4n) is 2.96. The molecule has 0 unspecified atom stereocenters. The third kappa shape index (κ3) is 5.55. The fraction of sp³-hybridized carbons (Fsp3) is 0.300. The van der Waals surface area contributed by atoms with Crippen molar-refractivity contribution in [2.75, 3.05) is 7.05 Å². The number of aromatic nitrogens is 1. The Morgan fingerprint density at radius 3 is 2.48 bits per heavy atom. The summed E-state index contributed by atoms with van der Waals surface area (Å²) in [5, 5.41) is 2.83. The Bertz CT molecular complexity index is 1150. The molecule has 0 atom stereocenters. The number of hydrogen-bond donors (Lipinski definition) is 2. The van der Waals surface area contributed by atoms with Crippen molar-refractivity contribution in [2.24, 2.45) is 0 Å². The van der Waals surface area contributed by atoms with Crippen LogP contribution in [0.4, 0.5) is 0 Å². The van der Waals surface area contributed by atoms with Crippen LogP contribution in [0.5, 0.6) is 0 Å². The van der Waals surface area contributed by atoms with E-state index in [2.05, 4.69) is 10.0 Å². The van der Waals surface area contributed by atoms with E-state index in [1.165, 1.54) is 11.6 Å². The highest BCUT2D eigenvalue weighted by Crippen LogP contribution is 2.12. The van der Waals surface area contributed by atoms with E-state index in [1.807, 2.05) is 12.1 Å². The number of fused-ring (bicyclic) bond motifs is 1. The molecule has 1 amide bonds. The van der Waals surface area contributed by atoms with E-state index in [0.717, 1.165) is 11.1 Å². The van der Waals surface area contributed by atoms with Crippen molar-refractivity contribution in [1.82, 2.24) is 14.6 Å². The molecular weight excluding hydrogens is 394 g/mol. The zero-order valence-electron chi connectivity index (χ0n) is 16.1. The highest BCUT2D eigenvalue weighted by Gasteiger charge is 2.10. The molecule has 1 heterocycles. The summed E-state index contributed by atoms with van der Waals surface area (Å²) in [7, 11) is -1.93. The molecule has 0 fully saturated rings. The Kier molecular flexibility index (Phi) is 6.50. The molecule has 154 valence electrons. The highest BCUT2D eigenvalue weighted by molar-refractivity contribution is 7.88. The number of sulfonamides is 1. The summed E-state index contributed by atoms with van der Waals surface area (Å²) in [4.78, 5) is 24.0. The Labute approximate surface area is 168 Å². The normalized spacial score (nSPS) is 11.6. The Morgan fingerprint density at radius 1 is 1.07 bits per heavy atom. The van der Waals surface area contributed by atoms with Crippen molar-refractivity contribution < 1.29 is 17.6 Å². The van der Waals surface area contributed by atoms with Crippen LogP contribution in [-0.4, -0.2) is 25.9 Å². The second kappa shape index (κ2) is 9.06. The van der Waals surface area contributed by atoms with Crippen LogP contribution in [0, 0.1) is 0 Å². The summed E-state index contributed by atoms with van der Waals surface area (Å²) in [6, 6.07) is 14.2. The number of carbonyl (C=O) groups excluding carboxylic acids is 1. The van der Waals surface area contributed by atoms with E-state index >= 15 is 0 Å². The van der Waals surface area contributed by atoms with Gasteiger partial charge < -0.3 is 9.73 Å². The number of carbonyl (C=O) groups is 1. The summed E-state index contributed by atoms with van der Waals surface area (Å²) >= 11 is 0. The molecule has 0 bridgehead atoms. The van der Waals surface area contributed by atoms with Gasteiger partial charge in [-0.1, -0.05) is 36.4 Å². The van der Waals surface area contributed by atoms with Crippen LogP contribution < -0.4 is 15.8 Å². The van der Waals surface area contributed by atoms with Gasteiger partial charge in [-0.25, -0.2) is 17.9 Å². The van der Waals surface area contributed by atoms with Gasteiger partial charge in [0, 0.05) is 19.5 Å². The van der Waals surface area contributed by atoms with Crippen molar-refractivity contribution in [1.29, 1.82) is 0 Å². The van der Waals surface area contributed by atoms with Gasteiger partial charge in [0.25, 0.3) is 0 Å². The first-order valence-corrected chi connectivity index (χ1v) is 10.9. The minimum Gasteiger partial charge on any atom is -0.408 e. The van der Waals surface area contributed by atoms with Gasteiger partial charge in [-0.05, 0) is 36.7 Å². The number of oxazole rings is 1. The molecule has 2 N–H and O–H groups in total. The van der Waals surface area contributed by atoms with E-state index < -0.39 is 15.8 Å². The second-order valence-electron chi connectivity index (χ2n) is 6.65. The number of para-hydroxylation sites is 2. The second-order valence-corrected chi connectivity index (χ2v) is 8.57. The summed E-state index contributed by atoms with van der Waals surface area (Å²) in [5.74, 6) is -0.627. The summed E-state index contributed by atoms with van der Waals surface area (Å²) in [6.07, 6.45) is 0.792. The zero-order valence-corrected chi connectivity index (χ0v) is 16.9. The zero-order chi connectivity index (χ0) is 20.9. The van der Waals surface area contributed by atoms with Gasteiger partial charge in [-0.15, -0.1) is 0 Å². The molecule has 9 heteroatoms. The fourth-order valence-corrected chi connectivity index (χ4v) is 3.73. The number of aryl methyl sites for hydroxylation is 1. The highest BCUT2D eigenvalue weighted by atomic mass is 32.2. The molecule has 3 aromatic rings. The van der Waals surface area contributed by atoms with Crippen LogP contribution >= 0.6 is 0 Å². The predicted molar refractivity (Wildman–Crippen MR) is 110 cm³/mol. The maximum atomic E-state index is 12.1. The minimum absolute atomic E-state index is 0.0851. The van der Waals surface area contributed by atoms with Gasteiger partial charge in [-0.3, -0.25) is 9.36 Å². The monoisotopic (exact) mass is 417 g/mol. The van der Waals surface area contributed by atoms with E-state index in [9.17, 15) is 18.0 Å². The standard InChI is InChI=1S/C20H23N3O5S/c1-21-29(26,27)14-16-10-8-15(9-11-16)13-22-19(24)7-4-12-23-17-5-2-3-6-18(17)28-20(23)25/h2-3,5-6,8-11,21H,4,7,12-14H2,1H3,(H,22,24). The molecule has 1 aromatic heterocycles. The van der Waals surface area contributed by atoms with Crippen molar-refractivity contribution in [3.63, 3.8) is 0 Å². The van der Waals surface area contributed by atoms with Gasteiger partial charge in [-0.2, -0.15) is 0 Å². The number of nitrogens with zero attached hydrogens (tertiary/aromatic N) is 1. The summed E-state index contributed by atoms with van der Waals surface area (Å²) in [5.41, 5.74) is 2.81. The molecule has 0 radical (unpaired) electrons. The molecular formula is C20H23N3O5S. The summed E-state index contributed by atoms with van der Waals surface area (Å²) in [6.45, 7) is 0.754. The van der Waals surface area contributed by atoms with E-state index in [-0.39, 0.29) is 18.1 Å². The maximum Gasteiger partial charge on any atom is 0.419 e. The third-order valence-corrected chi connectivity index (χ3v) is 5.87. The number of rotatable bonds is 9. The molecule has 3 rings (SSSR count). The Balaban J connectivity index is 1.46. The predicted octanol–water partition coefficient (Wildman–Crippen LogP) is 1.74. The smallest absolute Gasteiger partial charge is 0.408 e. The average Bonchev–Trinajstić information content (AvgIpc) is 3.02. The number of benzene rings is 2. The third-order valence-electron chi connectivity index (χ3n) is 4.54. The Morgan fingerprint density at radius 2 is 1.76 bits per heavy atom. The van der Waals surface area contributed by atoms with Gasteiger partial charge in [0.2, 0.25) is 15.9 Å². The maximum absolute atomic E-state index is 12.1. The van der Waals surface area contributed by atoms with Crippen LogP contribution in [0.1, 0.15) is 24.0 Å². The van der Waals surface area contributed by atoms with Crippen LogP contribution in [-0.2, 0) is 33.7 Å². The average molecular weight is 417 g/mol. The first kappa shape index (κ1) is 20.8. The van der Waals surface area contributed by atoms with Crippen LogP contribution in [0.25, 0.3) is 11.1 Å². The molecule has 0 aliphatic carbocycles. The van der Waals surface area contributed by atoms with Gasteiger partial charge >= 0.3 is 5.76 Å². The molecule has 2 aromatic carbocycles. The molecule has 0 aliphatic rings. The Hall–Kier alpha value is -2.91. The van der Waals surface area contributed by atoms with Gasteiger partial charge in [0.05, 0.1) is 11.3 Å². The van der Waals surface area contributed by atoms with Crippen molar-refractivity contribution >= 4 is 27.0 Å². The first-order chi connectivity index (χ1) is 13.9. The van der Waals surface area contributed by atoms with Crippen LogP contribution in [0.2, 0.25) is 0 Å². The molecule has 29 heavy (non-hydrogen) atoms. The topological polar surface area (TPSA) is 110 Å². The van der Waals surface area contributed by atoms with Gasteiger partial charge in [0.1, 0.15) is 0 Å². The number of hydrogen-bond acceptors (Lipinski definition) is 5. The lowest BCUT2D eigenvalue weighted by Gasteiger charge is -2.07. The SMILES string of the molecule is CNS(=O)(=O)Cc1ccc(CNC(=O)CCCn2c(=O)oc3ccccc32)cc1. The minimum atomic E-state index is -3.31. The molecule has 0 spiro atoms. The van der Waals surface area contributed by atoms with Crippen molar-refractivity contribution in [2.45, 2.75) is 31.7 Å². The molecule has 0 saturated carbocycles. The number of nitrogens with one attached hydrogen (secondary N) is 2. The van der Waals surface area contributed by atoms with Crippen molar-refractivity contribution in [3.8, 4) is 0 Å². The molecule has 8 nitrogen and oxygen atoms in total. The number of amides is 1. The van der Waals surface area contributed by atoms with Crippen LogP contribution in [0.3, 0.4) is 0 Å². The van der Waals surface area contributed by atoms with E-state index in [1.54, 1.807) is 36.4 Å². The quantitative estimate of drug-likeness (QED) is 0.551. The van der Waals surface area contributed by atoms with Crippen molar-refractivity contribution in [3.05, 3.63) is 70.2 Å². The van der Waals surface area contributed by atoms with Crippen LogP contribution in [0.15, 0.2) is 57.7 Å². The lowest BCUT2D eigenvalue weighted by atomic mass is 10.1. The molecule has 0 saturated heterocycles. The lowest BCUT2D eigenvalue weighted by molar-refractivity contribution is -0.121.